The molecule has 0 bridgehead atoms. The lowest BCUT2D eigenvalue weighted by Gasteiger charge is -2.41. The number of aliphatic hydroxyl groups excluding tert-OH is 1. The van der Waals surface area contributed by atoms with Gasteiger partial charge in [-0.3, -0.25) is 14.3 Å². The number of allylic oxidation sites excluding steroid dienone is 1. The fourth-order valence-corrected chi connectivity index (χ4v) is 11.8. The minimum atomic E-state index is -2.14. The standard InChI is InChI=1S/C26H44N5O5PS2Si/c1-15(2)16-9-10-26(6,19(32)11-16)39-37(38)34-13-18-17(36-40(7,8)25(3,4)5)12-20(35-18)31-14-28-21-22(31)29-24(27)30-23(21)33/h14,16-20,32,37H,1,9-13H2,2-8H3,(H3,27,29,30,33)/t16-,17?,18+,19+,20+,26+/m0/s1. The van der Waals surface area contributed by atoms with E-state index in [9.17, 15) is 9.90 Å². The Morgan fingerprint density at radius 1 is 1.45 bits per heavy atom. The van der Waals surface area contributed by atoms with Gasteiger partial charge in [-0.05, 0) is 57.2 Å². The number of fused-ring (bicyclic) bond motifs is 1. The van der Waals surface area contributed by atoms with E-state index in [1.807, 2.05) is 6.92 Å². The number of aromatic amines is 1. The predicted molar refractivity (Wildman–Crippen MR) is 169 cm³/mol. The molecule has 7 atom stereocenters. The van der Waals surface area contributed by atoms with E-state index in [-0.39, 0.29) is 40.1 Å². The third-order valence-corrected chi connectivity index (χ3v) is 18.1. The zero-order valence-corrected chi connectivity index (χ0v) is 28.2. The number of hydrogen-bond donors (Lipinski definition) is 3. The summed E-state index contributed by atoms with van der Waals surface area (Å²) in [5.74, 6) is 0.372. The number of nitrogens with two attached hydrogens (primary N) is 1. The molecule has 1 saturated heterocycles. The number of imidazole rings is 1. The zero-order chi connectivity index (χ0) is 29.6. The lowest BCUT2D eigenvalue weighted by atomic mass is 9.77. The second kappa shape index (κ2) is 11.9. The Balaban J connectivity index is 1.49. The molecule has 1 saturated carbocycles. The molecule has 2 unspecified atom stereocenters. The second-order valence-corrected chi connectivity index (χ2v) is 23.2. The Kier molecular flexibility index (Phi) is 9.49. The molecule has 1 aliphatic carbocycles. The van der Waals surface area contributed by atoms with Crippen molar-refractivity contribution in [3.63, 3.8) is 0 Å². The van der Waals surface area contributed by atoms with Crippen LogP contribution in [-0.2, 0) is 25.5 Å². The van der Waals surface area contributed by atoms with Crippen molar-refractivity contribution in [2.45, 2.75) is 108 Å². The van der Waals surface area contributed by atoms with Crippen LogP contribution in [0.25, 0.3) is 11.2 Å². The lowest BCUT2D eigenvalue weighted by Crippen LogP contribution is -2.46. The maximum Gasteiger partial charge on any atom is 0.280 e. The zero-order valence-electron chi connectivity index (χ0n) is 24.5. The number of nitrogens with one attached hydrogen (secondary N) is 1. The van der Waals surface area contributed by atoms with Crippen LogP contribution in [0, 0.1) is 5.92 Å². The van der Waals surface area contributed by atoms with Gasteiger partial charge in [-0.15, -0.1) is 0 Å². The van der Waals surface area contributed by atoms with Gasteiger partial charge in [0.2, 0.25) is 5.95 Å². The second-order valence-electron chi connectivity index (χ2n) is 12.9. The van der Waals surface area contributed by atoms with Crippen LogP contribution in [-0.4, -0.2) is 62.6 Å². The summed E-state index contributed by atoms with van der Waals surface area (Å²) in [5, 5.41) is 11.0. The first-order valence-corrected chi connectivity index (χ1v) is 20.7. The normalized spacial score (nSPS) is 30.6. The van der Waals surface area contributed by atoms with Gasteiger partial charge < -0.3 is 24.5 Å². The van der Waals surface area contributed by atoms with Gasteiger partial charge in [-0.25, -0.2) is 4.98 Å². The van der Waals surface area contributed by atoms with Crippen molar-refractivity contribution in [2.24, 2.45) is 5.92 Å². The monoisotopic (exact) mass is 629 g/mol. The average molecular weight is 630 g/mol. The molecule has 4 N–H and O–H groups in total. The first-order chi connectivity index (χ1) is 18.5. The maximum absolute atomic E-state index is 12.3. The van der Waals surface area contributed by atoms with E-state index in [2.05, 4.69) is 62.3 Å². The van der Waals surface area contributed by atoms with Gasteiger partial charge in [-0.2, -0.15) is 4.98 Å². The Morgan fingerprint density at radius 3 is 2.77 bits per heavy atom. The molecular formula is C26H44N5O5PS2Si. The Morgan fingerprint density at radius 2 is 2.15 bits per heavy atom. The highest BCUT2D eigenvalue weighted by Crippen LogP contribution is 2.55. The van der Waals surface area contributed by atoms with Crippen LogP contribution in [0.15, 0.2) is 23.3 Å². The number of nitrogen functional groups attached to an aromatic ring is 1. The van der Waals surface area contributed by atoms with Gasteiger partial charge in [0.15, 0.2) is 19.5 Å². The van der Waals surface area contributed by atoms with Crippen molar-refractivity contribution in [3.05, 3.63) is 28.8 Å². The summed E-state index contributed by atoms with van der Waals surface area (Å²) in [6.45, 7) is 19.5. The Labute approximate surface area is 247 Å². The van der Waals surface area contributed by atoms with Crippen LogP contribution in [0.5, 0.6) is 0 Å². The Bertz CT molecular complexity index is 1330. The number of nitrogens with zero attached hydrogens (tertiary/aromatic N) is 3. The van der Waals surface area contributed by atoms with Gasteiger partial charge in [0, 0.05) is 11.2 Å². The van der Waals surface area contributed by atoms with Gasteiger partial charge in [-0.1, -0.05) is 56.1 Å². The molecule has 0 radical (unpaired) electrons. The number of aliphatic hydroxyl groups is 1. The van der Waals surface area contributed by atoms with Crippen molar-refractivity contribution in [1.29, 1.82) is 0 Å². The van der Waals surface area contributed by atoms with E-state index in [4.69, 9.17) is 31.2 Å². The van der Waals surface area contributed by atoms with Crippen molar-refractivity contribution < 1.29 is 18.8 Å². The first kappa shape index (κ1) is 31.9. The number of H-pyrrole nitrogens is 1. The minimum Gasteiger partial charge on any atom is -0.411 e. The van der Waals surface area contributed by atoms with E-state index < -0.39 is 32.3 Å². The van der Waals surface area contributed by atoms with E-state index in [0.717, 1.165) is 18.4 Å². The summed E-state index contributed by atoms with van der Waals surface area (Å²) >= 11 is 7.42. The number of rotatable bonds is 9. The highest BCUT2D eigenvalue weighted by molar-refractivity contribution is 8.63. The SMILES string of the molecule is C=C(C)[C@H]1CC[C@@](C)(S[PH](=S)OC[C@H]2O[C@@H](n3cnc4c(=O)[nH]c(N)nc43)CC2O[Si](C)(C)C(C)(C)C)[C@H](O)C1. The smallest absolute Gasteiger partial charge is 0.280 e. The van der Waals surface area contributed by atoms with Gasteiger partial charge in [0.1, 0.15) is 18.5 Å². The average Bonchev–Trinajstić information content (AvgIpc) is 3.42. The van der Waals surface area contributed by atoms with Gasteiger partial charge >= 0.3 is 0 Å². The third kappa shape index (κ3) is 6.77. The van der Waals surface area contributed by atoms with E-state index >= 15 is 0 Å². The predicted octanol–water partition coefficient (Wildman–Crippen LogP) is 5.13. The molecule has 3 heterocycles. The van der Waals surface area contributed by atoms with Crippen LogP contribution >= 0.6 is 17.5 Å². The third-order valence-electron chi connectivity index (χ3n) is 8.77. The molecule has 40 heavy (non-hydrogen) atoms. The Hall–Kier alpha value is -1.05. The van der Waals surface area contributed by atoms with Gasteiger partial charge in [0.05, 0.1) is 25.1 Å². The maximum atomic E-state index is 12.3. The van der Waals surface area contributed by atoms with Crippen molar-refractivity contribution >= 4 is 54.7 Å². The van der Waals surface area contributed by atoms with Crippen molar-refractivity contribution in [1.82, 2.24) is 19.5 Å². The summed E-state index contributed by atoms with van der Waals surface area (Å²) < 4.78 is 21.0. The molecular weight excluding hydrogens is 586 g/mol. The minimum absolute atomic E-state index is 0.0116. The van der Waals surface area contributed by atoms with Gasteiger partial charge in [0.25, 0.3) is 5.56 Å². The van der Waals surface area contributed by atoms with Crippen LogP contribution < -0.4 is 11.3 Å². The lowest BCUT2D eigenvalue weighted by molar-refractivity contribution is -0.0334. The van der Waals surface area contributed by atoms with Crippen molar-refractivity contribution in [3.8, 4) is 0 Å². The van der Waals surface area contributed by atoms with Crippen molar-refractivity contribution in [2.75, 3.05) is 12.3 Å². The fraction of sp³-hybridized carbons (Fsp3) is 0.731. The summed E-state index contributed by atoms with van der Waals surface area (Å²) in [7, 11) is -2.14. The molecule has 2 aromatic heterocycles. The summed E-state index contributed by atoms with van der Waals surface area (Å²) in [4.78, 5) is 23.4. The summed E-state index contributed by atoms with van der Waals surface area (Å²) in [6, 6.07) is 0. The molecule has 224 valence electrons. The quantitative estimate of drug-likeness (QED) is 0.194. The number of ether oxygens (including phenoxy) is 1. The molecule has 0 spiro atoms. The molecule has 1 aliphatic heterocycles. The van der Waals surface area contributed by atoms with E-state index in [0.29, 0.717) is 24.4 Å². The van der Waals surface area contributed by atoms with Crippen LogP contribution in [0.1, 0.15) is 66.5 Å². The topological polar surface area (TPSA) is 138 Å². The summed E-state index contributed by atoms with van der Waals surface area (Å²) in [6.07, 6.45) is 1.46. The highest BCUT2D eigenvalue weighted by Gasteiger charge is 2.46. The molecule has 0 aromatic carbocycles. The highest BCUT2D eigenvalue weighted by atomic mass is 32.9. The fourth-order valence-electron chi connectivity index (χ4n) is 5.05. The number of hydrogen-bond acceptors (Lipinski definition) is 10. The molecule has 2 aromatic rings. The van der Waals surface area contributed by atoms with E-state index in [1.165, 1.54) is 0 Å². The summed E-state index contributed by atoms with van der Waals surface area (Å²) in [5.41, 5.74) is 7.13. The van der Waals surface area contributed by atoms with E-state index in [1.54, 1.807) is 22.3 Å². The van der Waals surface area contributed by atoms with Crippen LogP contribution in [0.3, 0.4) is 0 Å². The first-order valence-electron chi connectivity index (χ1n) is 13.8. The number of anilines is 1. The molecule has 14 heteroatoms. The molecule has 2 fully saturated rings. The van der Waals surface area contributed by atoms with Crippen LogP contribution in [0.2, 0.25) is 18.1 Å². The largest absolute Gasteiger partial charge is 0.411 e. The molecule has 2 aliphatic rings. The number of aromatic nitrogens is 4. The van der Waals surface area contributed by atoms with Crippen LogP contribution in [0.4, 0.5) is 5.95 Å². The molecule has 4 rings (SSSR count). The molecule has 10 nitrogen and oxygen atoms in total. The molecule has 0 amide bonds.